The van der Waals surface area contributed by atoms with Crippen LogP contribution in [-0.2, 0) is 6.54 Å². The van der Waals surface area contributed by atoms with E-state index in [4.69, 9.17) is 0 Å². The predicted octanol–water partition coefficient (Wildman–Crippen LogP) is 4.42. The van der Waals surface area contributed by atoms with Gasteiger partial charge in [0.2, 0.25) is 0 Å². The fourth-order valence-corrected chi connectivity index (χ4v) is 4.23. The van der Waals surface area contributed by atoms with Gasteiger partial charge in [-0.3, -0.25) is 0 Å². The summed E-state index contributed by atoms with van der Waals surface area (Å²) in [7, 11) is 0. The van der Waals surface area contributed by atoms with Crippen LogP contribution in [0.2, 0.25) is 0 Å². The van der Waals surface area contributed by atoms with Crippen molar-refractivity contribution in [3.8, 4) is 0 Å². The lowest BCUT2D eigenvalue weighted by Gasteiger charge is -2.20. The monoisotopic (exact) mass is 301 g/mol. The molecule has 3 unspecified atom stereocenters. The maximum absolute atomic E-state index is 3.72. The average molecular weight is 302 g/mol. The molecular formula is C13H20BrNS. The zero-order valence-electron chi connectivity index (χ0n) is 10.0. The fraction of sp³-hybridized carbons (Fsp3) is 0.692. The van der Waals surface area contributed by atoms with E-state index in [2.05, 4.69) is 46.5 Å². The van der Waals surface area contributed by atoms with Crippen LogP contribution in [0.5, 0.6) is 0 Å². The smallest absolute Gasteiger partial charge is 0.0327 e. The van der Waals surface area contributed by atoms with Crippen LogP contribution in [0.4, 0.5) is 0 Å². The number of halogens is 1. The second-order valence-electron chi connectivity index (χ2n) is 4.78. The second kappa shape index (κ2) is 5.65. The molecule has 0 spiro atoms. The number of hydrogen-bond donors (Lipinski definition) is 1. The number of hydrogen-bond acceptors (Lipinski definition) is 2. The Morgan fingerprint density at radius 3 is 2.88 bits per heavy atom. The van der Waals surface area contributed by atoms with Gasteiger partial charge in [-0.05, 0) is 52.1 Å². The molecule has 0 bridgehead atoms. The van der Waals surface area contributed by atoms with Crippen molar-refractivity contribution < 1.29 is 0 Å². The number of thiophene rings is 1. The average Bonchev–Trinajstić information content (AvgIpc) is 2.83. The van der Waals surface area contributed by atoms with Gasteiger partial charge in [0.25, 0.3) is 0 Å². The maximum Gasteiger partial charge on any atom is 0.0327 e. The molecule has 1 N–H and O–H groups in total. The van der Waals surface area contributed by atoms with Crippen LogP contribution in [0.25, 0.3) is 0 Å². The highest BCUT2D eigenvalue weighted by Gasteiger charge is 2.30. The van der Waals surface area contributed by atoms with Crippen molar-refractivity contribution in [2.75, 3.05) is 0 Å². The van der Waals surface area contributed by atoms with Crippen LogP contribution in [0.3, 0.4) is 0 Å². The number of nitrogens with one attached hydrogen (secondary N) is 1. The molecule has 1 heterocycles. The molecule has 1 fully saturated rings. The van der Waals surface area contributed by atoms with Crippen LogP contribution in [0.1, 0.15) is 38.0 Å². The molecule has 3 atom stereocenters. The Hall–Kier alpha value is 0.140. The largest absolute Gasteiger partial charge is 0.309 e. The first-order valence-electron chi connectivity index (χ1n) is 6.17. The molecule has 1 saturated carbocycles. The lowest BCUT2D eigenvalue weighted by Crippen LogP contribution is -2.32. The molecule has 1 aromatic heterocycles. The normalized spacial score (nSPS) is 29.8. The first kappa shape index (κ1) is 12.6. The molecule has 1 aliphatic carbocycles. The van der Waals surface area contributed by atoms with E-state index in [0.717, 1.165) is 24.4 Å². The number of rotatable bonds is 4. The maximum atomic E-state index is 3.72. The summed E-state index contributed by atoms with van der Waals surface area (Å²) in [6.07, 6.45) is 4.09. The van der Waals surface area contributed by atoms with Gasteiger partial charge < -0.3 is 5.32 Å². The molecule has 1 aromatic rings. The Morgan fingerprint density at radius 2 is 2.31 bits per heavy atom. The van der Waals surface area contributed by atoms with Crippen LogP contribution in [-0.4, -0.2) is 6.04 Å². The molecule has 1 aliphatic rings. The van der Waals surface area contributed by atoms with E-state index in [1.807, 2.05) is 11.3 Å². The molecule has 90 valence electrons. The third-order valence-corrected chi connectivity index (χ3v) is 5.89. The van der Waals surface area contributed by atoms with Gasteiger partial charge in [-0.15, -0.1) is 11.3 Å². The minimum Gasteiger partial charge on any atom is -0.309 e. The third kappa shape index (κ3) is 2.69. The van der Waals surface area contributed by atoms with Crippen molar-refractivity contribution >= 4 is 27.3 Å². The summed E-state index contributed by atoms with van der Waals surface area (Å²) in [5.41, 5.74) is 0. The molecule has 0 saturated heterocycles. The summed E-state index contributed by atoms with van der Waals surface area (Å²) in [5.74, 6) is 1.77. The molecular weight excluding hydrogens is 282 g/mol. The fourth-order valence-electron chi connectivity index (χ4n) is 2.79. The molecule has 0 amide bonds. The lowest BCUT2D eigenvalue weighted by atomic mass is 9.93. The van der Waals surface area contributed by atoms with E-state index in [-0.39, 0.29) is 0 Å². The van der Waals surface area contributed by atoms with E-state index < -0.39 is 0 Å². The zero-order valence-corrected chi connectivity index (χ0v) is 12.4. The van der Waals surface area contributed by atoms with Crippen molar-refractivity contribution in [1.29, 1.82) is 0 Å². The van der Waals surface area contributed by atoms with Gasteiger partial charge in [-0.1, -0.05) is 20.3 Å². The summed E-state index contributed by atoms with van der Waals surface area (Å²) in [6.45, 7) is 5.74. The lowest BCUT2D eigenvalue weighted by molar-refractivity contribution is 0.345. The van der Waals surface area contributed by atoms with Crippen LogP contribution >= 0.6 is 27.3 Å². The minimum atomic E-state index is 0.721. The van der Waals surface area contributed by atoms with E-state index in [1.54, 1.807) is 0 Å². The van der Waals surface area contributed by atoms with E-state index in [0.29, 0.717) is 0 Å². The zero-order chi connectivity index (χ0) is 11.5. The van der Waals surface area contributed by atoms with Crippen molar-refractivity contribution in [3.63, 3.8) is 0 Å². The Labute approximate surface area is 111 Å². The summed E-state index contributed by atoms with van der Waals surface area (Å²) >= 11 is 5.42. The molecule has 16 heavy (non-hydrogen) atoms. The van der Waals surface area contributed by atoms with Gasteiger partial charge in [0.05, 0.1) is 0 Å². The van der Waals surface area contributed by atoms with Gasteiger partial charge >= 0.3 is 0 Å². The summed E-state index contributed by atoms with van der Waals surface area (Å²) in [4.78, 5) is 1.42. The van der Waals surface area contributed by atoms with E-state index >= 15 is 0 Å². The quantitative estimate of drug-likeness (QED) is 0.868. The van der Waals surface area contributed by atoms with Crippen molar-refractivity contribution in [1.82, 2.24) is 5.32 Å². The van der Waals surface area contributed by atoms with Crippen molar-refractivity contribution in [2.45, 2.75) is 45.7 Å². The Bertz CT molecular complexity index is 336. The molecule has 2 rings (SSSR count). The van der Waals surface area contributed by atoms with Gasteiger partial charge in [-0.25, -0.2) is 0 Å². The summed E-state index contributed by atoms with van der Waals surface area (Å²) in [6, 6.07) is 2.85. The highest BCUT2D eigenvalue weighted by molar-refractivity contribution is 9.10. The molecule has 1 nitrogen and oxygen atoms in total. The predicted molar refractivity (Wildman–Crippen MR) is 74.8 cm³/mol. The first-order valence-corrected chi connectivity index (χ1v) is 7.85. The van der Waals surface area contributed by atoms with Gasteiger partial charge in [0.1, 0.15) is 0 Å². The Morgan fingerprint density at radius 1 is 1.50 bits per heavy atom. The highest BCUT2D eigenvalue weighted by atomic mass is 79.9. The van der Waals surface area contributed by atoms with Crippen LogP contribution in [0, 0.1) is 11.8 Å². The van der Waals surface area contributed by atoms with Crippen molar-refractivity contribution in [2.24, 2.45) is 11.8 Å². The molecule has 3 heteroatoms. The second-order valence-corrected chi connectivity index (χ2v) is 6.64. The summed E-state index contributed by atoms with van der Waals surface area (Å²) in [5, 5.41) is 5.87. The van der Waals surface area contributed by atoms with Crippen LogP contribution in [0.15, 0.2) is 15.9 Å². The van der Waals surface area contributed by atoms with E-state index in [9.17, 15) is 0 Å². The summed E-state index contributed by atoms with van der Waals surface area (Å²) < 4.78 is 1.25. The van der Waals surface area contributed by atoms with Gasteiger partial charge in [-0.2, -0.15) is 0 Å². The third-order valence-electron chi connectivity index (χ3n) is 3.97. The standard InChI is InChI=1S/C13H20BrNS/c1-3-10-4-5-12(9(10)2)15-8-13-11(14)6-7-16-13/h6-7,9-10,12,15H,3-5,8H2,1-2H3. The topological polar surface area (TPSA) is 12.0 Å². The first-order chi connectivity index (χ1) is 7.72. The SMILES string of the molecule is CCC1CCC(NCc2sccc2Br)C1C. The van der Waals surface area contributed by atoms with E-state index in [1.165, 1.54) is 28.6 Å². The van der Waals surface area contributed by atoms with Gasteiger partial charge in [0, 0.05) is 21.9 Å². The highest BCUT2D eigenvalue weighted by Crippen LogP contribution is 2.34. The van der Waals surface area contributed by atoms with Crippen molar-refractivity contribution in [3.05, 3.63) is 20.8 Å². The molecule has 0 aliphatic heterocycles. The Kier molecular flexibility index (Phi) is 4.45. The van der Waals surface area contributed by atoms with Gasteiger partial charge in [0.15, 0.2) is 0 Å². The van der Waals surface area contributed by atoms with Crippen LogP contribution < -0.4 is 5.32 Å². The Balaban J connectivity index is 1.85. The molecule has 0 radical (unpaired) electrons. The molecule has 0 aromatic carbocycles. The minimum absolute atomic E-state index is 0.721.